The van der Waals surface area contributed by atoms with Crippen LogP contribution < -0.4 is 85.6 Å². The van der Waals surface area contributed by atoms with Gasteiger partial charge in [-0.05, 0) is 139 Å². The van der Waals surface area contributed by atoms with Gasteiger partial charge in [0.1, 0.15) is 66.5 Å². The lowest BCUT2D eigenvalue weighted by Crippen LogP contribution is -2.62. The number of nitrogens with zero attached hydrogens (tertiary/aromatic N) is 2. The number of pyridine rings is 1. The van der Waals surface area contributed by atoms with Crippen molar-refractivity contribution >= 4 is 123 Å². The molecule has 0 aliphatic carbocycles. The zero-order chi connectivity index (χ0) is 86.4. The van der Waals surface area contributed by atoms with E-state index in [4.69, 9.17) is 22.2 Å². The van der Waals surface area contributed by atoms with Crippen molar-refractivity contribution in [3.05, 3.63) is 173 Å². The van der Waals surface area contributed by atoms with Gasteiger partial charge in [-0.2, -0.15) is 0 Å². The molecule has 2 aliphatic heterocycles. The lowest BCUT2D eigenvalue weighted by molar-refractivity contribution is -0.142. The number of carbonyl (C=O) groups is 15. The van der Waals surface area contributed by atoms with Crippen LogP contribution in [0.4, 0.5) is 21.0 Å². The number of hydrogen-bond acceptors (Lipinski definition) is 19. The number of halogens is 1. The molecule has 0 unspecified atom stereocenters. The van der Waals surface area contributed by atoms with E-state index < -0.39 is 168 Å². The third kappa shape index (κ3) is 29.3. The number of fused-ring (bicyclic) bond motifs is 1. The number of amides is 17. The van der Waals surface area contributed by atoms with Gasteiger partial charge in [-0.25, -0.2) is 15.1 Å². The largest absolute Gasteiger partial charge is 0.394 e. The van der Waals surface area contributed by atoms with Crippen molar-refractivity contribution in [1.29, 1.82) is 0 Å². The van der Waals surface area contributed by atoms with Crippen LogP contribution in [-0.2, 0) is 99.3 Å². The number of nitrogens with two attached hydrogens (primary N) is 1. The van der Waals surface area contributed by atoms with Crippen LogP contribution in [-0.4, -0.2) is 203 Å². The fraction of sp³-hybridized carbons (Fsp3) is 0.422. The van der Waals surface area contributed by atoms with Crippen LogP contribution >= 0.6 is 11.6 Å². The molecule has 5 aromatic carbocycles. The molecule has 0 bridgehead atoms. The molecule has 2 aliphatic rings. The molecule has 2 fully saturated rings. The maximum Gasteiger partial charge on any atom is 0.343 e. The second-order valence-electron chi connectivity index (χ2n) is 30.0. The first-order valence-electron chi connectivity index (χ1n) is 39.3. The number of aromatic nitrogens is 1. The van der Waals surface area contributed by atoms with E-state index in [1.807, 2.05) is 56.3 Å². The first-order valence-corrected chi connectivity index (χ1v) is 39.6. The number of primary amides is 1. The van der Waals surface area contributed by atoms with E-state index in [1.165, 1.54) is 86.8 Å². The van der Waals surface area contributed by atoms with Crippen LogP contribution in [0.5, 0.6) is 0 Å². The molecular formula is C83H105ClN18O17. The Bertz CT molecular complexity index is 4570. The average Bonchev–Trinajstić information content (AvgIpc) is 1.28. The molecular weight excluding hydrogens is 1560 g/mol. The molecule has 0 spiro atoms. The molecule has 35 nitrogen and oxygen atoms in total. The van der Waals surface area contributed by atoms with E-state index in [-0.39, 0.29) is 86.8 Å². The number of hydroxylamine groups is 1. The van der Waals surface area contributed by atoms with Crippen LogP contribution in [0.1, 0.15) is 114 Å². The van der Waals surface area contributed by atoms with Crippen molar-refractivity contribution in [3.8, 4) is 0 Å². The third-order valence-electron chi connectivity index (χ3n) is 19.6. The molecule has 1 aromatic heterocycles. The Hall–Kier alpha value is -12.5. The van der Waals surface area contributed by atoms with E-state index in [9.17, 15) is 48.3 Å². The molecule has 8 rings (SSSR count). The smallest absolute Gasteiger partial charge is 0.343 e. The van der Waals surface area contributed by atoms with Crippen molar-refractivity contribution in [3.63, 3.8) is 0 Å². The van der Waals surface area contributed by atoms with Gasteiger partial charge >= 0.3 is 12.1 Å². The fourth-order valence-corrected chi connectivity index (χ4v) is 13.6. The van der Waals surface area contributed by atoms with E-state index >= 15 is 28.8 Å². The van der Waals surface area contributed by atoms with E-state index in [0.717, 1.165) is 10.8 Å². The van der Waals surface area contributed by atoms with Crippen molar-refractivity contribution in [1.82, 2.24) is 79.2 Å². The predicted octanol–water partition coefficient (Wildman–Crippen LogP) is 1.71. The monoisotopic (exact) mass is 1660 g/mol. The lowest BCUT2D eigenvalue weighted by atomic mass is 9.99. The first kappa shape index (κ1) is 92.0. The molecule has 17 amide bonds. The zero-order valence-electron chi connectivity index (χ0n) is 67.2. The highest BCUT2D eigenvalue weighted by Crippen LogP contribution is 2.24. The summed E-state index contributed by atoms with van der Waals surface area (Å²) in [5.41, 5.74) is 10.3. The van der Waals surface area contributed by atoms with Crippen LogP contribution in [0.15, 0.2) is 140 Å². The Morgan fingerprint density at radius 1 is 0.563 bits per heavy atom. The van der Waals surface area contributed by atoms with Gasteiger partial charge in [0.15, 0.2) is 0 Å². The Kier molecular flexibility index (Phi) is 35.0. The third-order valence-corrected chi connectivity index (χ3v) is 19.9. The molecule has 2 saturated heterocycles. The Morgan fingerprint density at radius 2 is 1.06 bits per heavy atom. The topological polar surface area (TPSA) is 508 Å². The minimum atomic E-state index is -1.93. The lowest BCUT2D eigenvalue weighted by Gasteiger charge is -2.31. The van der Waals surface area contributed by atoms with E-state index in [0.29, 0.717) is 53.1 Å². The van der Waals surface area contributed by atoms with Crippen LogP contribution in [0.3, 0.4) is 0 Å². The molecule has 6 aromatic rings. The molecule has 0 radical (unpaired) electrons. The average molecular weight is 1660 g/mol. The molecule has 36 heteroatoms. The highest BCUT2D eigenvalue weighted by molar-refractivity contribution is 6.30. The Balaban J connectivity index is 1.10. The number of rotatable bonds is 42. The van der Waals surface area contributed by atoms with Gasteiger partial charge in [-0.15, -0.1) is 0 Å². The summed E-state index contributed by atoms with van der Waals surface area (Å²) >= 11 is 6.27. The summed E-state index contributed by atoms with van der Waals surface area (Å²) in [5.74, 6) is -11.0. The summed E-state index contributed by atoms with van der Waals surface area (Å²) in [6.07, 6.45) is 3.01. The van der Waals surface area contributed by atoms with Gasteiger partial charge in [0.2, 0.25) is 76.8 Å². The number of anilines is 2. The van der Waals surface area contributed by atoms with E-state index in [1.54, 1.807) is 50.2 Å². The number of unbranched alkanes of at least 4 members (excludes halogenated alkanes) is 1. The van der Waals surface area contributed by atoms with Gasteiger partial charge in [0.25, 0.3) is 0 Å². The summed E-state index contributed by atoms with van der Waals surface area (Å²) in [6.45, 7) is 9.74. The van der Waals surface area contributed by atoms with Crippen LogP contribution in [0.25, 0.3) is 10.8 Å². The summed E-state index contributed by atoms with van der Waals surface area (Å²) in [7, 11) is 1.23. The number of aliphatic hydroxyl groups excluding tert-OH is 1. The Labute approximate surface area is 693 Å². The van der Waals surface area contributed by atoms with Crippen molar-refractivity contribution < 1.29 is 81.9 Å². The normalized spacial score (nSPS) is 16.0. The van der Waals surface area contributed by atoms with Gasteiger partial charge < -0.3 is 84.9 Å². The molecule has 11 atom stereocenters. The number of benzene rings is 5. The van der Waals surface area contributed by atoms with Crippen LogP contribution in [0.2, 0.25) is 5.02 Å². The number of nitrogens with one attached hydrogen (secondary N) is 15. The number of imide groups is 1. The number of hydrogen-bond donors (Lipinski definition) is 17. The molecule has 18 N–H and O–H groups in total. The number of carbonyl (C=O) groups excluding carboxylic acids is 15. The van der Waals surface area contributed by atoms with Crippen LogP contribution in [0, 0.1) is 5.92 Å². The van der Waals surface area contributed by atoms with Crippen molar-refractivity contribution in [2.45, 2.75) is 191 Å². The van der Waals surface area contributed by atoms with Gasteiger partial charge in [0, 0.05) is 80.4 Å². The molecule has 3 heterocycles. The fourth-order valence-electron chi connectivity index (χ4n) is 13.5. The maximum atomic E-state index is 15.5. The van der Waals surface area contributed by atoms with Gasteiger partial charge in [-0.1, -0.05) is 124 Å². The molecule has 0 saturated carbocycles. The highest BCUT2D eigenvalue weighted by Gasteiger charge is 2.41. The Morgan fingerprint density at radius 3 is 1.58 bits per heavy atom. The summed E-state index contributed by atoms with van der Waals surface area (Å²) in [6, 6.07) is 17.5. The number of aliphatic hydroxyl groups is 1. The molecule has 119 heavy (non-hydrogen) atoms. The highest BCUT2D eigenvalue weighted by atomic mass is 35.5. The second-order valence-corrected chi connectivity index (χ2v) is 30.5. The van der Waals surface area contributed by atoms with Crippen molar-refractivity contribution in [2.75, 3.05) is 37.4 Å². The molecule has 636 valence electrons. The number of likely N-dealkylation sites (tertiary alicyclic amines) is 1. The quantitative estimate of drug-likeness (QED) is 0.0192. The van der Waals surface area contributed by atoms with E-state index in [2.05, 4.69) is 84.9 Å². The minimum absolute atomic E-state index is 0.00285. The number of urea groups is 2. The predicted molar refractivity (Wildman–Crippen MR) is 440 cm³/mol. The summed E-state index contributed by atoms with van der Waals surface area (Å²) in [5, 5.41) is 50.6. The summed E-state index contributed by atoms with van der Waals surface area (Å²) in [4.78, 5) is 219. The minimum Gasteiger partial charge on any atom is -0.394 e. The maximum absolute atomic E-state index is 15.5. The zero-order valence-corrected chi connectivity index (χ0v) is 68.0. The van der Waals surface area contributed by atoms with Gasteiger partial charge in [-0.3, -0.25) is 77.5 Å². The SMILES string of the molecule is CONC(=O)Nc1ccc(C[C@@H](NC(=O)[C@H](Cc2ccc(NC(=O)[C@@H]3CC(=O)NC(=O)N3)cc2)NC(=O)[C@H](CO)NC(=O)[C@@H](Cc2cccnc2)NC(=O)[C@@H](Cc2ccc(Cl)cc2)NC(=O)[C@@H](Cc2ccc3ccccc3c2)NC(C)=O)C(=O)N[C@@H](CC(C)C)C(=O)N[C@@H](CCCCNC(C)C)C(=O)N2CCC[C@H]2C(=O)N[C@H](C)C(N)=O)cc1. The van der Waals surface area contributed by atoms with Gasteiger partial charge in [0.05, 0.1) is 20.1 Å². The summed E-state index contributed by atoms with van der Waals surface area (Å²) < 4.78 is 0. The second kappa shape index (κ2) is 45.3. The first-order chi connectivity index (χ1) is 56.8. The standard InChI is InChI=1S/C83H105ClN18O17/c1-46(2)36-61(73(108)92-60(17-10-11-34-87-47(3)4)81(116)102-35-13-18-69(102)80(115)88-48(5)71(85)106)93-75(110)64(39-52-24-31-59(32-25-52)91-83(118)101-119-7)95-77(112)65(40-51-22-29-58(30-23-51)90-72(107)67-43-70(105)100-82(117)99-67)97-79(114)68(45-103)98-78(113)66(42-54-14-12-33-86-44-54)96-76(111)63(38-50-20-27-57(84)28-21-50)94-74(109)62(89-49(6)104)41-53-19-26-55-15-8-9-16-56(55)37-53/h8-9,12,14-16,19-33,37,44,46-48,60-69,87,103H,10-11,13,17-18,34-36,38-43,45H2,1-7H3,(H2,85,106)(H,88,115)(H,89,104)(H,90,107)(H,92,108)(H,93,110)(H,94,109)(H,95,112)(H,96,111)(H,97,114)(H,98,113)(H2,91,101,118)(H2,99,100,105,117)/t48-,60+,61+,62-,63-,64-,65+,66-,67+,68+,69+/m1/s1. The van der Waals surface area contributed by atoms with Crippen molar-refractivity contribution in [2.24, 2.45) is 11.7 Å².